The summed E-state index contributed by atoms with van der Waals surface area (Å²) in [6.45, 7) is 2.48. The number of anilines is 1. The molecule has 0 aliphatic rings. The summed E-state index contributed by atoms with van der Waals surface area (Å²) in [6.07, 6.45) is 0.370. The van der Waals surface area contributed by atoms with Crippen LogP contribution in [0.5, 0.6) is 0 Å². The Hall–Kier alpha value is -2.08. The van der Waals surface area contributed by atoms with Gasteiger partial charge in [0.15, 0.2) is 5.84 Å². The maximum absolute atomic E-state index is 12.2. The molecular formula is C14H21N3O3. The molecule has 6 heteroatoms. The number of hydrogen-bond acceptors (Lipinski definition) is 4. The van der Waals surface area contributed by atoms with Crippen LogP contribution in [0.2, 0.25) is 0 Å². The number of nitrogens with two attached hydrogens (primary N) is 1. The summed E-state index contributed by atoms with van der Waals surface area (Å²) in [5.41, 5.74) is 6.75. The second-order valence-corrected chi connectivity index (χ2v) is 4.72. The highest BCUT2D eigenvalue weighted by Crippen LogP contribution is 2.20. The van der Waals surface area contributed by atoms with Crippen molar-refractivity contribution in [2.75, 3.05) is 25.7 Å². The van der Waals surface area contributed by atoms with Crippen LogP contribution in [0.15, 0.2) is 29.4 Å². The first-order valence-corrected chi connectivity index (χ1v) is 6.33. The van der Waals surface area contributed by atoms with Gasteiger partial charge in [0.25, 0.3) is 0 Å². The number of para-hydroxylation sites is 1. The molecule has 1 amide bonds. The van der Waals surface area contributed by atoms with Crippen molar-refractivity contribution in [3.05, 3.63) is 29.8 Å². The molecule has 1 rings (SSSR count). The minimum Gasteiger partial charge on any atom is -0.409 e. The van der Waals surface area contributed by atoms with Crippen LogP contribution in [-0.2, 0) is 9.53 Å². The molecule has 0 aliphatic carbocycles. The summed E-state index contributed by atoms with van der Waals surface area (Å²) in [6, 6.07) is 7.02. The molecule has 0 bridgehead atoms. The zero-order chi connectivity index (χ0) is 15.1. The first kappa shape index (κ1) is 16.0. The maximum Gasteiger partial charge on any atom is 0.227 e. The van der Waals surface area contributed by atoms with Crippen LogP contribution in [0.1, 0.15) is 18.9 Å². The molecule has 0 saturated heterocycles. The number of oxime groups is 1. The van der Waals surface area contributed by atoms with Crippen molar-refractivity contribution in [2.24, 2.45) is 16.8 Å². The lowest BCUT2D eigenvalue weighted by Gasteiger charge is -2.21. The van der Waals surface area contributed by atoms with Crippen molar-refractivity contribution in [1.82, 2.24) is 0 Å². The average molecular weight is 279 g/mol. The van der Waals surface area contributed by atoms with Crippen molar-refractivity contribution in [3.63, 3.8) is 0 Å². The first-order chi connectivity index (χ1) is 9.51. The monoisotopic (exact) mass is 279 g/mol. The van der Waals surface area contributed by atoms with Crippen LogP contribution in [0, 0.1) is 5.92 Å². The van der Waals surface area contributed by atoms with Gasteiger partial charge in [0.1, 0.15) is 0 Å². The molecule has 0 aliphatic heterocycles. The number of rotatable bonds is 6. The van der Waals surface area contributed by atoms with E-state index >= 15 is 0 Å². The van der Waals surface area contributed by atoms with E-state index in [0.29, 0.717) is 24.3 Å². The molecule has 0 fully saturated rings. The lowest BCUT2D eigenvalue weighted by Crippen LogP contribution is -2.30. The Labute approximate surface area is 118 Å². The Morgan fingerprint density at radius 2 is 2.15 bits per heavy atom. The number of hydrogen-bond donors (Lipinski definition) is 2. The third-order valence-corrected chi connectivity index (χ3v) is 3.00. The second kappa shape index (κ2) is 7.49. The second-order valence-electron chi connectivity index (χ2n) is 4.72. The van der Waals surface area contributed by atoms with Crippen molar-refractivity contribution in [3.8, 4) is 0 Å². The molecule has 1 unspecified atom stereocenters. The zero-order valence-electron chi connectivity index (χ0n) is 12.0. The third-order valence-electron chi connectivity index (χ3n) is 3.00. The molecular weight excluding hydrogens is 258 g/mol. The SMILES string of the molecule is COCC(C)CC(=O)N(C)c1ccccc1/C(N)=N/O. The predicted octanol–water partition coefficient (Wildman–Crippen LogP) is 1.42. The topological polar surface area (TPSA) is 88.2 Å². The molecule has 3 N–H and O–H groups in total. The molecule has 0 aromatic heterocycles. The van der Waals surface area contributed by atoms with Crippen LogP contribution in [0.4, 0.5) is 5.69 Å². The molecule has 0 spiro atoms. The van der Waals surface area contributed by atoms with Gasteiger partial charge in [-0.05, 0) is 18.1 Å². The summed E-state index contributed by atoms with van der Waals surface area (Å²) < 4.78 is 5.03. The van der Waals surface area contributed by atoms with E-state index in [1.807, 2.05) is 6.92 Å². The van der Waals surface area contributed by atoms with Gasteiger partial charge in [-0.3, -0.25) is 4.79 Å². The van der Waals surface area contributed by atoms with Crippen molar-refractivity contribution < 1.29 is 14.7 Å². The molecule has 1 aromatic rings. The zero-order valence-corrected chi connectivity index (χ0v) is 12.0. The molecule has 0 saturated carbocycles. The van der Waals surface area contributed by atoms with Crippen LogP contribution in [0.25, 0.3) is 0 Å². The number of benzene rings is 1. The number of carbonyl (C=O) groups is 1. The van der Waals surface area contributed by atoms with Crippen LogP contribution in [-0.4, -0.2) is 37.7 Å². The molecule has 1 aromatic carbocycles. The number of amidine groups is 1. The maximum atomic E-state index is 12.2. The molecule has 0 radical (unpaired) electrons. The number of nitrogens with zero attached hydrogens (tertiary/aromatic N) is 2. The fraction of sp³-hybridized carbons (Fsp3) is 0.429. The van der Waals surface area contributed by atoms with Crippen LogP contribution < -0.4 is 10.6 Å². The Bertz CT molecular complexity index is 488. The van der Waals surface area contributed by atoms with Crippen LogP contribution in [0.3, 0.4) is 0 Å². The highest BCUT2D eigenvalue weighted by atomic mass is 16.5. The van der Waals surface area contributed by atoms with Gasteiger partial charge in [-0.25, -0.2) is 0 Å². The van der Waals surface area contributed by atoms with E-state index in [-0.39, 0.29) is 17.7 Å². The van der Waals surface area contributed by atoms with Crippen molar-refractivity contribution in [1.29, 1.82) is 0 Å². The smallest absolute Gasteiger partial charge is 0.227 e. The van der Waals surface area contributed by atoms with Crippen LogP contribution >= 0.6 is 0 Å². The third kappa shape index (κ3) is 3.96. The summed E-state index contributed by atoms with van der Waals surface area (Å²) in [5, 5.41) is 11.8. The largest absolute Gasteiger partial charge is 0.409 e. The van der Waals surface area contributed by atoms with E-state index in [2.05, 4.69) is 5.16 Å². The van der Waals surface area contributed by atoms with Gasteiger partial charge in [-0.15, -0.1) is 0 Å². The number of amides is 1. The van der Waals surface area contributed by atoms with E-state index < -0.39 is 0 Å². The first-order valence-electron chi connectivity index (χ1n) is 6.33. The number of carbonyl (C=O) groups excluding carboxylic acids is 1. The molecule has 110 valence electrons. The minimum atomic E-state index is -0.0484. The fourth-order valence-electron chi connectivity index (χ4n) is 1.95. The Morgan fingerprint density at radius 3 is 2.75 bits per heavy atom. The van der Waals surface area contributed by atoms with Gasteiger partial charge in [0.05, 0.1) is 5.69 Å². The summed E-state index contributed by atoms with van der Waals surface area (Å²) in [7, 11) is 3.28. The molecule has 1 atom stereocenters. The standard InChI is InChI=1S/C14H21N3O3/c1-10(9-20-3)8-13(18)17(2)12-7-5-4-6-11(12)14(15)16-19/h4-7,10,19H,8-9H2,1-3H3,(H2,15,16). The molecule has 20 heavy (non-hydrogen) atoms. The summed E-state index contributed by atoms with van der Waals surface area (Å²) in [4.78, 5) is 13.7. The van der Waals surface area contributed by atoms with E-state index in [1.54, 1.807) is 38.4 Å². The van der Waals surface area contributed by atoms with Gasteiger partial charge in [0, 0.05) is 32.7 Å². The lowest BCUT2D eigenvalue weighted by molar-refractivity contribution is -0.119. The minimum absolute atomic E-state index is 0.0230. The normalized spacial score (nSPS) is 13.1. The average Bonchev–Trinajstić information content (AvgIpc) is 2.45. The Morgan fingerprint density at radius 1 is 1.50 bits per heavy atom. The Kier molecular flexibility index (Phi) is 5.99. The van der Waals surface area contributed by atoms with Gasteiger partial charge >= 0.3 is 0 Å². The predicted molar refractivity (Wildman–Crippen MR) is 78.0 cm³/mol. The quantitative estimate of drug-likeness (QED) is 0.357. The summed E-state index contributed by atoms with van der Waals surface area (Å²) in [5.74, 6) is 0.0592. The summed E-state index contributed by atoms with van der Waals surface area (Å²) >= 11 is 0. The highest BCUT2D eigenvalue weighted by Gasteiger charge is 2.18. The number of methoxy groups -OCH3 is 1. The van der Waals surface area contributed by atoms with Gasteiger partial charge < -0.3 is 20.6 Å². The van der Waals surface area contributed by atoms with Crippen molar-refractivity contribution >= 4 is 17.4 Å². The lowest BCUT2D eigenvalue weighted by atomic mass is 10.1. The molecule has 6 nitrogen and oxygen atoms in total. The van der Waals surface area contributed by atoms with E-state index in [1.165, 1.54) is 4.90 Å². The van der Waals surface area contributed by atoms with E-state index in [9.17, 15) is 4.79 Å². The number of ether oxygens (including phenoxy) is 1. The van der Waals surface area contributed by atoms with Gasteiger partial charge in [-0.2, -0.15) is 0 Å². The Balaban J connectivity index is 2.92. The fourth-order valence-corrected chi connectivity index (χ4v) is 1.95. The van der Waals surface area contributed by atoms with Crippen molar-refractivity contribution in [2.45, 2.75) is 13.3 Å². The van der Waals surface area contributed by atoms with Gasteiger partial charge in [-0.1, -0.05) is 24.2 Å². The highest BCUT2D eigenvalue weighted by molar-refractivity contribution is 6.06. The van der Waals surface area contributed by atoms with E-state index in [4.69, 9.17) is 15.7 Å². The molecule has 0 heterocycles. The van der Waals surface area contributed by atoms with E-state index in [0.717, 1.165) is 0 Å². The van der Waals surface area contributed by atoms with Gasteiger partial charge in [0.2, 0.25) is 5.91 Å².